The van der Waals surface area contributed by atoms with E-state index in [1.807, 2.05) is 6.07 Å². The zero-order valence-electron chi connectivity index (χ0n) is 11.4. The van der Waals surface area contributed by atoms with E-state index in [9.17, 15) is 4.39 Å². The van der Waals surface area contributed by atoms with Crippen LogP contribution in [0.25, 0.3) is 0 Å². The third kappa shape index (κ3) is 2.78. The van der Waals surface area contributed by atoms with Gasteiger partial charge in [0, 0.05) is 12.1 Å². The van der Waals surface area contributed by atoms with Crippen LogP contribution >= 0.6 is 0 Å². The molecule has 0 aromatic heterocycles. The maximum absolute atomic E-state index is 13.4. The van der Waals surface area contributed by atoms with Crippen molar-refractivity contribution in [2.75, 3.05) is 6.54 Å². The number of benzene rings is 1. The van der Waals surface area contributed by atoms with Gasteiger partial charge in [-0.3, -0.25) is 4.90 Å². The lowest BCUT2D eigenvalue weighted by Gasteiger charge is -2.42. The molecule has 2 N–H and O–H groups in total. The molecule has 4 heteroatoms. The molecule has 1 aliphatic heterocycles. The van der Waals surface area contributed by atoms with E-state index in [1.54, 1.807) is 12.1 Å². The van der Waals surface area contributed by atoms with E-state index in [-0.39, 0.29) is 17.6 Å². The fourth-order valence-electron chi connectivity index (χ4n) is 2.88. The van der Waals surface area contributed by atoms with Gasteiger partial charge in [0.2, 0.25) is 0 Å². The summed E-state index contributed by atoms with van der Waals surface area (Å²) in [4.78, 5) is 2.34. The van der Waals surface area contributed by atoms with E-state index < -0.39 is 5.82 Å². The van der Waals surface area contributed by atoms with Gasteiger partial charge in [0.25, 0.3) is 0 Å². The average molecular weight is 261 g/mol. The normalized spacial score (nSPS) is 24.4. The molecule has 2 rings (SSSR count). The SMILES string of the molecule is CC(C)N1CCCC(N)C1c1ccc(F)c(C#N)c1. The predicted octanol–water partition coefficient (Wildman–Crippen LogP) is 2.57. The van der Waals surface area contributed by atoms with E-state index in [2.05, 4.69) is 18.7 Å². The number of likely N-dealkylation sites (tertiary alicyclic amines) is 1. The number of nitriles is 1. The van der Waals surface area contributed by atoms with E-state index in [1.165, 1.54) is 6.07 Å². The molecule has 102 valence electrons. The smallest absolute Gasteiger partial charge is 0.140 e. The second-order valence-electron chi connectivity index (χ2n) is 5.43. The van der Waals surface area contributed by atoms with E-state index >= 15 is 0 Å². The number of piperidine rings is 1. The van der Waals surface area contributed by atoms with Gasteiger partial charge in [-0.05, 0) is 50.9 Å². The molecule has 0 spiro atoms. The molecular formula is C15H20FN3. The van der Waals surface area contributed by atoms with E-state index in [0.29, 0.717) is 6.04 Å². The van der Waals surface area contributed by atoms with Crippen LogP contribution in [0.1, 0.15) is 43.9 Å². The Kier molecular flexibility index (Phi) is 4.18. The fourth-order valence-corrected chi connectivity index (χ4v) is 2.88. The maximum atomic E-state index is 13.4. The lowest BCUT2D eigenvalue weighted by atomic mass is 9.89. The monoisotopic (exact) mass is 261 g/mol. The van der Waals surface area contributed by atoms with Crippen molar-refractivity contribution < 1.29 is 4.39 Å². The molecule has 3 nitrogen and oxygen atoms in total. The first-order valence-corrected chi connectivity index (χ1v) is 6.75. The molecule has 1 fully saturated rings. The van der Waals surface area contributed by atoms with Gasteiger partial charge in [-0.25, -0.2) is 4.39 Å². The third-order valence-electron chi connectivity index (χ3n) is 3.83. The summed E-state index contributed by atoms with van der Waals surface area (Å²) in [5.74, 6) is -0.466. The van der Waals surface area contributed by atoms with Gasteiger partial charge in [-0.15, -0.1) is 0 Å². The van der Waals surface area contributed by atoms with Crippen LogP contribution in [0.15, 0.2) is 18.2 Å². The Morgan fingerprint density at radius 2 is 2.21 bits per heavy atom. The summed E-state index contributed by atoms with van der Waals surface area (Å²) < 4.78 is 13.4. The first-order chi connectivity index (χ1) is 9.04. The highest BCUT2D eigenvalue weighted by Crippen LogP contribution is 2.32. The largest absolute Gasteiger partial charge is 0.326 e. The topological polar surface area (TPSA) is 53.0 Å². The van der Waals surface area contributed by atoms with Crippen molar-refractivity contribution in [3.63, 3.8) is 0 Å². The molecule has 19 heavy (non-hydrogen) atoms. The van der Waals surface area contributed by atoms with E-state index in [4.69, 9.17) is 11.0 Å². The third-order valence-corrected chi connectivity index (χ3v) is 3.83. The second kappa shape index (κ2) is 5.68. The molecule has 0 aliphatic carbocycles. The molecular weight excluding hydrogens is 241 g/mol. The van der Waals surface area contributed by atoms with Crippen LogP contribution in [-0.4, -0.2) is 23.5 Å². The van der Waals surface area contributed by atoms with Gasteiger partial charge >= 0.3 is 0 Å². The lowest BCUT2D eigenvalue weighted by Crippen LogP contribution is -2.48. The van der Waals surface area contributed by atoms with Gasteiger partial charge in [0.15, 0.2) is 0 Å². The molecule has 1 aromatic rings. The summed E-state index contributed by atoms with van der Waals surface area (Å²) in [6.45, 7) is 5.27. The van der Waals surface area contributed by atoms with Crippen molar-refractivity contribution in [2.24, 2.45) is 5.73 Å². The van der Waals surface area contributed by atoms with Crippen LogP contribution in [0.4, 0.5) is 4.39 Å². The van der Waals surface area contributed by atoms with Crippen molar-refractivity contribution in [3.8, 4) is 6.07 Å². The molecule has 0 amide bonds. The Labute approximate surface area is 113 Å². The molecule has 0 bridgehead atoms. The summed E-state index contributed by atoms with van der Waals surface area (Å²) in [6, 6.07) is 7.15. The molecule has 1 saturated heterocycles. The summed E-state index contributed by atoms with van der Waals surface area (Å²) in [5, 5.41) is 8.95. The predicted molar refractivity (Wildman–Crippen MR) is 72.9 cm³/mol. The summed E-state index contributed by atoms with van der Waals surface area (Å²) in [6.07, 6.45) is 2.05. The Balaban J connectivity index is 2.39. The number of halogens is 1. The molecule has 1 aromatic carbocycles. The molecule has 2 unspecified atom stereocenters. The number of rotatable bonds is 2. The average Bonchev–Trinajstić information content (AvgIpc) is 2.39. The molecule has 0 saturated carbocycles. The fraction of sp³-hybridized carbons (Fsp3) is 0.533. The minimum Gasteiger partial charge on any atom is -0.326 e. The zero-order chi connectivity index (χ0) is 14.0. The quantitative estimate of drug-likeness (QED) is 0.890. The van der Waals surface area contributed by atoms with Crippen LogP contribution in [0.2, 0.25) is 0 Å². The highest BCUT2D eigenvalue weighted by Gasteiger charge is 2.32. The van der Waals surface area contributed by atoms with Crippen molar-refractivity contribution in [3.05, 3.63) is 35.1 Å². The van der Waals surface area contributed by atoms with Gasteiger partial charge in [-0.1, -0.05) is 6.07 Å². The Bertz CT molecular complexity index is 493. The molecule has 1 aliphatic rings. The van der Waals surface area contributed by atoms with Crippen molar-refractivity contribution in [1.82, 2.24) is 4.90 Å². The Morgan fingerprint density at radius 3 is 2.84 bits per heavy atom. The number of hydrogen-bond donors (Lipinski definition) is 1. The Morgan fingerprint density at radius 1 is 1.47 bits per heavy atom. The molecule has 2 atom stereocenters. The van der Waals surface area contributed by atoms with Gasteiger partial charge in [0.05, 0.1) is 11.6 Å². The van der Waals surface area contributed by atoms with Crippen molar-refractivity contribution in [1.29, 1.82) is 5.26 Å². The highest BCUT2D eigenvalue weighted by atomic mass is 19.1. The maximum Gasteiger partial charge on any atom is 0.140 e. The molecule has 1 heterocycles. The lowest BCUT2D eigenvalue weighted by molar-refractivity contribution is 0.0946. The van der Waals surface area contributed by atoms with Crippen molar-refractivity contribution >= 4 is 0 Å². The minimum atomic E-state index is -0.466. The van der Waals surface area contributed by atoms with Gasteiger partial charge < -0.3 is 5.73 Å². The minimum absolute atomic E-state index is 0.0353. The number of nitrogens with two attached hydrogens (primary N) is 1. The van der Waals surface area contributed by atoms with E-state index in [0.717, 1.165) is 24.9 Å². The van der Waals surface area contributed by atoms with Crippen LogP contribution in [0.3, 0.4) is 0 Å². The summed E-state index contributed by atoms with van der Waals surface area (Å²) in [5.41, 5.74) is 7.29. The number of hydrogen-bond acceptors (Lipinski definition) is 3. The first kappa shape index (κ1) is 14.0. The van der Waals surface area contributed by atoms with Gasteiger partial charge in [-0.2, -0.15) is 5.26 Å². The summed E-state index contributed by atoms with van der Waals surface area (Å²) in [7, 11) is 0. The van der Waals surface area contributed by atoms with Crippen LogP contribution in [0, 0.1) is 17.1 Å². The van der Waals surface area contributed by atoms with Gasteiger partial charge in [0.1, 0.15) is 11.9 Å². The first-order valence-electron chi connectivity index (χ1n) is 6.75. The van der Waals surface area contributed by atoms with Crippen LogP contribution in [-0.2, 0) is 0 Å². The molecule has 0 radical (unpaired) electrons. The van der Waals surface area contributed by atoms with Crippen molar-refractivity contribution in [2.45, 2.75) is 44.8 Å². The summed E-state index contributed by atoms with van der Waals surface area (Å²) >= 11 is 0. The van der Waals surface area contributed by atoms with Crippen LogP contribution < -0.4 is 5.73 Å². The highest BCUT2D eigenvalue weighted by molar-refractivity contribution is 5.36. The standard InChI is InChI=1S/C15H20FN3/c1-10(2)19-7-3-4-14(18)15(19)11-5-6-13(16)12(8-11)9-17/h5-6,8,10,14-15H,3-4,7,18H2,1-2H3. The number of nitrogens with zero attached hydrogens (tertiary/aromatic N) is 2. The van der Waals surface area contributed by atoms with Crippen LogP contribution in [0.5, 0.6) is 0 Å². The second-order valence-corrected chi connectivity index (χ2v) is 5.43. The zero-order valence-corrected chi connectivity index (χ0v) is 11.4. The Hall–Kier alpha value is -1.44.